The molecule has 0 aromatic heterocycles. The van der Waals surface area contributed by atoms with E-state index in [1.54, 1.807) is 24.0 Å². The van der Waals surface area contributed by atoms with Crippen LogP contribution < -0.4 is 9.80 Å². The van der Waals surface area contributed by atoms with E-state index >= 15 is 0 Å². The van der Waals surface area contributed by atoms with Crippen LogP contribution in [0.1, 0.15) is 27.2 Å². The van der Waals surface area contributed by atoms with Crippen LogP contribution >= 0.6 is 0 Å². The number of aliphatic imine (C=N–C) groups is 1. The van der Waals surface area contributed by atoms with E-state index in [2.05, 4.69) is 4.99 Å². The third-order valence-electron chi connectivity index (χ3n) is 4.73. The molecule has 7 heteroatoms. The van der Waals surface area contributed by atoms with Gasteiger partial charge in [-0.2, -0.15) is 0 Å². The van der Waals surface area contributed by atoms with Gasteiger partial charge in [-0.3, -0.25) is 19.5 Å². The van der Waals surface area contributed by atoms with E-state index in [-0.39, 0.29) is 30.2 Å². The molecule has 2 aliphatic heterocycles. The Kier molecular flexibility index (Phi) is 4.74. The molecule has 1 fully saturated rings. The van der Waals surface area contributed by atoms with Gasteiger partial charge in [-0.25, -0.2) is 4.39 Å². The number of carbonyl (C=O) groups is 2. The molecule has 0 radical (unpaired) electrons. The average Bonchev–Trinajstić information content (AvgIpc) is 2.54. The summed E-state index contributed by atoms with van der Waals surface area (Å²) in [7, 11) is 0. The number of hydrogen-bond donors (Lipinski definition) is 0. The van der Waals surface area contributed by atoms with E-state index in [1.807, 2.05) is 18.7 Å². The lowest BCUT2D eigenvalue weighted by molar-refractivity contribution is -0.129. The fourth-order valence-electron chi connectivity index (χ4n) is 3.46. The van der Waals surface area contributed by atoms with Gasteiger partial charge in [0.2, 0.25) is 11.8 Å². The van der Waals surface area contributed by atoms with Gasteiger partial charge in [-0.15, -0.1) is 0 Å². The van der Waals surface area contributed by atoms with Gasteiger partial charge in [-0.05, 0) is 32.0 Å². The largest absolute Gasteiger partial charge is 0.366 e. The minimum atomic E-state index is -0.361. The first-order chi connectivity index (χ1) is 11.9. The Morgan fingerprint density at radius 3 is 2.48 bits per heavy atom. The van der Waals surface area contributed by atoms with Crippen molar-refractivity contribution in [2.24, 2.45) is 4.99 Å². The Balaban J connectivity index is 1.78. The van der Waals surface area contributed by atoms with Crippen molar-refractivity contribution in [2.45, 2.75) is 33.4 Å². The predicted molar refractivity (Wildman–Crippen MR) is 95.5 cm³/mol. The molecule has 6 nitrogen and oxygen atoms in total. The Bertz CT molecular complexity index is 726. The highest BCUT2D eigenvalue weighted by atomic mass is 19.1. The van der Waals surface area contributed by atoms with Crippen LogP contribution in [0.3, 0.4) is 0 Å². The Labute approximate surface area is 146 Å². The second kappa shape index (κ2) is 6.82. The molecule has 0 aliphatic carbocycles. The Hall–Kier alpha value is -2.44. The maximum absolute atomic E-state index is 14.7. The summed E-state index contributed by atoms with van der Waals surface area (Å²) in [6.07, 6.45) is -0.0635. The van der Waals surface area contributed by atoms with Crippen LogP contribution in [0.15, 0.2) is 23.2 Å². The summed E-state index contributed by atoms with van der Waals surface area (Å²) in [6.45, 7) is 7.57. The normalized spacial score (nSPS) is 21.4. The molecule has 134 valence electrons. The lowest BCUT2D eigenvalue weighted by Gasteiger charge is -2.36. The highest BCUT2D eigenvalue weighted by Crippen LogP contribution is 2.29. The molecule has 1 unspecified atom stereocenters. The van der Waals surface area contributed by atoms with Crippen LogP contribution in [-0.2, 0) is 9.59 Å². The van der Waals surface area contributed by atoms with Crippen LogP contribution in [0.2, 0.25) is 0 Å². The van der Waals surface area contributed by atoms with Gasteiger partial charge in [0, 0.05) is 44.5 Å². The summed E-state index contributed by atoms with van der Waals surface area (Å²) < 4.78 is 14.7. The van der Waals surface area contributed by atoms with Gasteiger partial charge in [0.1, 0.15) is 12.0 Å². The highest BCUT2D eigenvalue weighted by molar-refractivity contribution is 6.09. The highest BCUT2D eigenvalue weighted by Gasteiger charge is 2.28. The molecule has 2 amide bonds. The SMILES string of the molecule is CC(=O)N1CCN(c2ccc(N3C(=O)CC(C)=NC3C)cc2F)CC1. The molecule has 0 saturated carbocycles. The number of rotatable bonds is 2. The van der Waals surface area contributed by atoms with E-state index in [4.69, 9.17) is 0 Å². The van der Waals surface area contributed by atoms with Crippen molar-refractivity contribution < 1.29 is 14.0 Å². The number of nitrogens with zero attached hydrogens (tertiary/aromatic N) is 4. The first kappa shape index (κ1) is 17.4. The van der Waals surface area contributed by atoms with Crippen molar-refractivity contribution in [1.82, 2.24) is 4.90 Å². The third-order valence-corrected chi connectivity index (χ3v) is 4.73. The summed E-state index contributed by atoms with van der Waals surface area (Å²) >= 11 is 0. The summed E-state index contributed by atoms with van der Waals surface area (Å²) in [5.41, 5.74) is 1.83. The third kappa shape index (κ3) is 3.50. The first-order valence-electron chi connectivity index (χ1n) is 8.52. The van der Waals surface area contributed by atoms with Gasteiger partial charge >= 0.3 is 0 Å². The monoisotopic (exact) mass is 346 g/mol. The standard InChI is InChI=1S/C18H23FN4O2/c1-12-10-18(25)23(13(2)20-12)15-4-5-17(16(19)11-15)22-8-6-21(7-9-22)14(3)24/h4-5,11,13H,6-10H2,1-3H3. The number of hydrogen-bond acceptors (Lipinski definition) is 4. The minimum Gasteiger partial charge on any atom is -0.366 e. The van der Waals surface area contributed by atoms with Gasteiger partial charge in [0.25, 0.3) is 0 Å². The van der Waals surface area contributed by atoms with Crippen molar-refractivity contribution in [3.05, 3.63) is 24.0 Å². The summed E-state index contributed by atoms with van der Waals surface area (Å²) in [6, 6.07) is 4.87. The number of halogens is 1. The second-order valence-electron chi connectivity index (χ2n) is 6.57. The van der Waals surface area contributed by atoms with Gasteiger partial charge in [0.15, 0.2) is 0 Å². The van der Waals surface area contributed by atoms with E-state index in [0.29, 0.717) is 37.6 Å². The van der Waals surface area contributed by atoms with E-state index in [1.165, 1.54) is 11.0 Å². The van der Waals surface area contributed by atoms with Crippen molar-refractivity contribution >= 4 is 28.9 Å². The molecule has 1 aromatic carbocycles. The number of benzene rings is 1. The molecular formula is C18H23FN4O2. The number of amides is 2. The average molecular weight is 346 g/mol. The molecule has 0 spiro atoms. The molecule has 1 atom stereocenters. The minimum absolute atomic E-state index is 0.0453. The molecule has 2 heterocycles. The Morgan fingerprint density at radius 2 is 1.92 bits per heavy atom. The molecule has 1 saturated heterocycles. The number of piperazine rings is 1. The first-order valence-corrected chi connectivity index (χ1v) is 8.52. The summed E-state index contributed by atoms with van der Waals surface area (Å²) in [5.74, 6) is -0.383. The van der Waals surface area contributed by atoms with Gasteiger partial charge < -0.3 is 9.80 Å². The van der Waals surface area contributed by atoms with Crippen LogP contribution in [0, 0.1) is 5.82 Å². The van der Waals surface area contributed by atoms with Crippen LogP contribution in [-0.4, -0.2) is 54.8 Å². The molecule has 3 rings (SSSR count). The van der Waals surface area contributed by atoms with Crippen LogP contribution in [0.25, 0.3) is 0 Å². The second-order valence-corrected chi connectivity index (χ2v) is 6.57. The van der Waals surface area contributed by atoms with Crippen LogP contribution in [0.4, 0.5) is 15.8 Å². The van der Waals surface area contributed by atoms with Gasteiger partial charge in [0.05, 0.1) is 12.1 Å². The van der Waals surface area contributed by atoms with E-state index < -0.39 is 0 Å². The quantitative estimate of drug-likeness (QED) is 0.823. The molecular weight excluding hydrogens is 323 g/mol. The van der Waals surface area contributed by atoms with Crippen molar-refractivity contribution in [3.63, 3.8) is 0 Å². The zero-order valence-corrected chi connectivity index (χ0v) is 14.8. The lowest BCUT2D eigenvalue weighted by atomic mass is 10.1. The molecule has 0 bridgehead atoms. The molecule has 0 N–H and O–H groups in total. The van der Waals surface area contributed by atoms with E-state index in [9.17, 15) is 14.0 Å². The van der Waals surface area contributed by atoms with Crippen LogP contribution in [0.5, 0.6) is 0 Å². The number of anilines is 2. The van der Waals surface area contributed by atoms with E-state index in [0.717, 1.165) is 5.71 Å². The van der Waals surface area contributed by atoms with Crippen molar-refractivity contribution in [2.75, 3.05) is 36.0 Å². The zero-order valence-electron chi connectivity index (χ0n) is 14.8. The fraction of sp³-hybridized carbons (Fsp3) is 0.500. The lowest BCUT2D eigenvalue weighted by Crippen LogP contribution is -2.48. The smallest absolute Gasteiger partial charge is 0.234 e. The predicted octanol–water partition coefficient (Wildman–Crippen LogP) is 2.04. The number of carbonyl (C=O) groups excluding carboxylic acids is 2. The van der Waals surface area contributed by atoms with Gasteiger partial charge in [-0.1, -0.05) is 0 Å². The maximum Gasteiger partial charge on any atom is 0.234 e. The summed E-state index contributed by atoms with van der Waals surface area (Å²) in [4.78, 5) is 33.3. The van der Waals surface area contributed by atoms with Crippen molar-refractivity contribution in [3.8, 4) is 0 Å². The summed E-state index contributed by atoms with van der Waals surface area (Å²) in [5, 5.41) is 0. The fourth-order valence-corrected chi connectivity index (χ4v) is 3.46. The van der Waals surface area contributed by atoms with Crippen molar-refractivity contribution in [1.29, 1.82) is 0 Å². The Morgan fingerprint density at radius 1 is 1.24 bits per heavy atom. The molecule has 2 aliphatic rings. The molecule has 25 heavy (non-hydrogen) atoms. The molecule has 1 aromatic rings. The topological polar surface area (TPSA) is 56.2 Å². The zero-order chi connectivity index (χ0) is 18.1. The maximum atomic E-state index is 14.7.